The molecule has 4 N–H and O–H groups in total. The SMILES string of the molecule is CCC(=O)[O-].CCC(=O)[O-].CCC(=O)[O-].CCC(=O)[O-].CCC(=O)[O-].CCC(=O)[O-].CCC(=O)[O-].CCC(=O)[O-].CCCCN(CC[O-])CC[O-].CCCCN(CC[O-])CC[O-].CCCCN(CC[O-])CC[O-].CCCCN(CC[O-])CC[O-].CO.CO.CO.CO.C[O-].C[O-].C[O-].C[O-].O=C[O-].O=C[O-].O=C[O-].O=C[O-].[Mn+3].[Mn+3].[Mn+3].[Mn+3].[Y+3].[Y+3].[Y+3].[Y+3]. The van der Waals surface area contributed by atoms with Crippen LogP contribution in [0.4, 0.5) is 0 Å². The minimum atomic E-state index is -0.995. The molecule has 0 rings (SSSR count). The number of carboxylic acid groups (broad SMARTS) is 12. The van der Waals surface area contributed by atoms with Crippen molar-refractivity contribution in [3.8, 4) is 0 Å². The molecule has 52 heteroatoms. The molecule has 0 fully saturated rings. The van der Waals surface area contributed by atoms with Crippen LogP contribution in [0.3, 0.4) is 0 Å². The van der Waals surface area contributed by atoms with E-state index in [0.29, 0.717) is 52.4 Å². The van der Waals surface area contributed by atoms with E-state index in [1.165, 1.54) is 55.4 Å². The Hall–Kier alpha value is -0.666. The van der Waals surface area contributed by atoms with Crippen LogP contribution in [-0.4, -0.2) is 302 Å². The Morgan fingerprint density at radius 2 is 0.275 bits per heavy atom. The summed E-state index contributed by atoms with van der Waals surface area (Å²) in [5, 5.41) is 250. The van der Waals surface area contributed by atoms with Crippen LogP contribution in [0.2, 0.25) is 0 Å². The normalized spacial score (nSPS) is 7.27. The minimum absolute atomic E-state index is 0. The number of carboxylic acids is 8. The molecule has 0 aliphatic heterocycles. The largest absolute Gasteiger partial charge is 3.00 e. The third-order valence-corrected chi connectivity index (χ3v) is 8.88. The molecule has 0 aliphatic rings. The number of hydrogen-bond acceptors (Lipinski definition) is 44. The Morgan fingerprint density at radius 3 is 0.308 bits per heavy atom. The maximum atomic E-state index is 10.2. The smallest absolute Gasteiger partial charge is 0.857 e. The summed E-state index contributed by atoms with van der Waals surface area (Å²) in [5.41, 5.74) is 0. The standard InChI is InChI=1S/4C8H17NO2.8C3H6O2.4CH2O2.4CH4O.4CH3O.4Mn.4Y/c4*1-2-3-4-9(5-7-10)6-8-11;8*1-2-3(4)5;4*2-1-3;8*1-2;;;;;;;;/h4*2-8H2,1H3;8*2H2,1H3,(H,4,5);4*1H,(H,2,3);4*2H,1H3;4*1H3;;;;;;;;/q4*-2;;;;;;;;;;;;;;;;;4*-1;8*+3/p-12. The average Bonchev–Trinajstić information content (AvgIpc) is 1.05. The molecule has 0 heterocycles. The van der Waals surface area contributed by atoms with Gasteiger partial charge >= 0.3 is 199 Å². The second kappa shape index (κ2) is 287. The molecule has 0 atom stereocenters. The van der Waals surface area contributed by atoms with Gasteiger partial charge in [0.2, 0.25) is 0 Å². The molecule has 0 aromatic heterocycles. The number of aliphatic carboxylic acids is 8. The Kier molecular flexibility index (Phi) is 524. The van der Waals surface area contributed by atoms with E-state index in [9.17, 15) is 120 Å². The average molecular weight is 2230 g/mol. The molecule has 0 bridgehead atoms. The van der Waals surface area contributed by atoms with Crippen molar-refractivity contribution in [1.82, 2.24) is 19.6 Å². The molecule has 0 unspecified atom stereocenters. The minimum Gasteiger partial charge on any atom is -0.857 e. The molecule has 0 amide bonds. The van der Waals surface area contributed by atoms with E-state index in [-0.39, 0.29) is 303 Å². The first-order valence-corrected chi connectivity index (χ1v) is 34.0. The zero-order valence-corrected chi connectivity index (χ0v) is 89.9. The van der Waals surface area contributed by atoms with Gasteiger partial charge in [-0.1, -0.05) is 109 Å². The van der Waals surface area contributed by atoms with Crippen molar-refractivity contribution in [2.24, 2.45) is 0 Å². The van der Waals surface area contributed by atoms with Crippen LogP contribution in [0.1, 0.15) is 186 Å². The fraction of sp³-hybridized carbons (Fsp3) is 0.824. The van der Waals surface area contributed by atoms with E-state index in [2.05, 4.69) is 27.7 Å². The molecular formula is C68H140Mn4N4O40Y4. The Morgan fingerprint density at radius 1 is 0.217 bits per heavy atom. The molecule has 712 valence electrons. The van der Waals surface area contributed by atoms with Gasteiger partial charge in [-0.3, -0.25) is 0 Å². The van der Waals surface area contributed by atoms with Gasteiger partial charge in [-0.15, -0.1) is 52.9 Å². The first-order valence-electron chi connectivity index (χ1n) is 34.0. The van der Waals surface area contributed by atoms with Crippen LogP contribution in [-0.2, 0) is 257 Å². The molecule has 0 aromatic carbocycles. The molecule has 0 saturated carbocycles. The van der Waals surface area contributed by atoms with Crippen molar-refractivity contribution in [2.45, 2.75) is 186 Å². The van der Waals surface area contributed by atoms with Crippen molar-refractivity contribution < 1.29 is 400 Å². The second-order valence-electron chi connectivity index (χ2n) is 16.6. The maximum Gasteiger partial charge on any atom is 3.00 e. The summed E-state index contributed by atoms with van der Waals surface area (Å²) in [6, 6.07) is 0. The first-order chi connectivity index (χ1) is 53.2. The van der Waals surface area contributed by atoms with E-state index in [0.717, 1.165) is 134 Å². The van der Waals surface area contributed by atoms with E-state index in [1.807, 2.05) is 19.6 Å². The third kappa shape index (κ3) is 519. The summed E-state index contributed by atoms with van der Waals surface area (Å²) >= 11 is 0. The summed E-state index contributed by atoms with van der Waals surface area (Å²) in [6.07, 6.45) is 9.70. The Bertz CT molecular complexity index is 1300. The molecule has 0 aromatic rings. The topological polar surface area (TPSA) is 852 Å². The quantitative estimate of drug-likeness (QED) is 0.0334. The van der Waals surface area contributed by atoms with Crippen molar-refractivity contribution in [2.75, 3.05) is 188 Å². The number of rotatable bonds is 36. The predicted octanol–water partition coefficient (Wildman–Crippen LogP) is -23.8. The maximum absolute atomic E-state index is 10.2. The van der Waals surface area contributed by atoms with Crippen molar-refractivity contribution in [1.29, 1.82) is 0 Å². The second-order valence-corrected chi connectivity index (χ2v) is 16.6. The molecule has 0 radical (unpaired) electrons. The summed E-state index contributed by atoms with van der Waals surface area (Å²) in [4.78, 5) is 115. The van der Waals surface area contributed by atoms with E-state index in [1.54, 1.807) is 0 Å². The van der Waals surface area contributed by atoms with E-state index in [4.69, 9.17) is 80.5 Å². The summed E-state index contributed by atoms with van der Waals surface area (Å²) in [6.45, 7) is 25.8. The number of nitrogens with zero attached hydrogens (tertiary/aromatic N) is 4. The van der Waals surface area contributed by atoms with Crippen LogP contribution in [0.25, 0.3) is 0 Å². The molecular weight excluding hydrogens is 2090 g/mol. The molecule has 0 saturated heterocycles. The molecule has 0 aliphatic carbocycles. The van der Waals surface area contributed by atoms with Crippen LogP contribution in [0.15, 0.2) is 0 Å². The molecule has 0 spiro atoms. The van der Waals surface area contributed by atoms with Crippen molar-refractivity contribution >= 4 is 73.6 Å². The van der Waals surface area contributed by atoms with Crippen LogP contribution < -0.4 is 123 Å². The number of aliphatic hydroxyl groups is 4. The summed E-state index contributed by atoms with van der Waals surface area (Å²) in [5.74, 6) is -7.96. The Balaban J connectivity index is -0.0000000229. The fourth-order valence-electron chi connectivity index (χ4n) is 3.90. The van der Waals surface area contributed by atoms with Crippen molar-refractivity contribution in [3.05, 3.63) is 0 Å². The van der Waals surface area contributed by atoms with Crippen LogP contribution >= 0.6 is 0 Å². The van der Waals surface area contributed by atoms with Gasteiger partial charge in [0, 0.05) is 102 Å². The Labute approximate surface area is 857 Å². The van der Waals surface area contributed by atoms with Gasteiger partial charge in [0.1, 0.15) is 0 Å². The fourth-order valence-corrected chi connectivity index (χ4v) is 3.90. The predicted molar refractivity (Wildman–Crippen MR) is 367 cm³/mol. The summed E-state index contributed by atoms with van der Waals surface area (Å²) < 4.78 is 0. The van der Waals surface area contributed by atoms with Crippen LogP contribution in [0, 0.1) is 0 Å². The zero-order valence-electron chi connectivity index (χ0n) is 73.9. The number of unbranched alkanes of at least 4 members (excludes halogenated alkanes) is 4. The van der Waals surface area contributed by atoms with E-state index < -0.39 is 73.6 Å². The third-order valence-electron chi connectivity index (χ3n) is 8.88. The number of hydrogen-bond donors (Lipinski definition) is 4. The number of carbonyl (C=O) groups is 12. The van der Waals surface area contributed by atoms with Gasteiger partial charge in [0.15, 0.2) is 0 Å². The van der Waals surface area contributed by atoms with Gasteiger partial charge in [-0.05, 0) is 156 Å². The zero-order chi connectivity index (χ0) is 95.2. The van der Waals surface area contributed by atoms with Crippen LogP contribution in [0.5, 0.6) is 0 Å². The van der Waals surface area contributed by atoms with E-state index >= 15 is 0 Å². The van der Waals surface area contributed by atoms with Gasteiger partial charge in [0.25, 0.3) is 0 Å². The first kappa shape index (κ1) is 219. The number of carbonyl (C=O) groups excluding carboxylic acids is 12. The molecule has 44 nitrogen and oxygen atoms in total. The summed E-state index contributed by atoms with van der Waals surface area (Å²) in [7, 11) is 7.00. The number of aliphatic hydroxyl groups excluding tert-OH is 4. The van der Waals surface area contributed by atoms with Gasteiger partial charge in [-0.2, -0.15) is 28.4 Å². The monoisotopic (exact) mass is 2230 g/mol. The van der Waals surface area contributed by atoms with Gasteiger partial charge < -0.3 is 220 Å². The van der Waals surface area contributed by atoms with Gasteiger partial charge in [0.05, 0.1) is 0 Å². The molecule has 120 heavy (non-hydrogen) atoms. The van der Waals surface area contributed by atoms with Gasteiger partial charge in [-0.25, -0.2) is 0 Å². The van der Waals surface area contributed by atoms with Crippen molar-refractivity contribution in [3.63, 3.8) is 0 Å².